The second-order valence-electron chi connectivity index (χ2n) is 5.00. The lowest BCUT2D eigenvalue weighted by Crippen LogP contribution is -2.45. The molecule has 1 amide bonds. The second kappa shape index (κ2) is 6.04. The van der Waals surface area contributed by atoms with Crippen molar-refractivity contribution >= 4 is 5.91 Å². The Balaban J connectivity index is 1.77. The van der Waals surface area contributed by atoms with Gasteiger partial charge in [-0.25, -0.2) is 0 Å². The van der Waals surface area contributed by atoms with E-state index in [1.165, 1.54) is 0 Å². The molecule has 1 atom stereocenters. The van der Waals surface area contributed by atoms with Crippen molar-refractivity contribution in [1.82, 2.24) is 25.5 Å². The van der Waals surface area contributed by atoms with E-state index >= 15 is 0 Å². The number of ether oxygens (including phenoxy) is 1. The summed E-state index contributed by atoms with van der Waals surface area (Å²) in [4.78, 5) is 14.4. The third kappa shape index (κ3) is 2.80. The van der Waals surface area contributed by atoms with E-state index in [0.717, 1.165) is 25.8 Å². The van der Waals surface area contributed by atoms with Gasteiger partial charge in [-0.2, -0.15) is 5.21 Å². The first-order chi connectivity index (χ1) is 10.3. The molecule has 0 saturated carbocycles. The number of carbonyl (C=O) groups excluding carboxylic acids is 1. The van der Waals surface area contributed by atoms with Crippen molar-refractivity contribution in [3.05, 3.63) is 17.9 Å². The molecule has 2 aromatic heterocycles. The van der Waals surface area contributed by atoms with Gasteiger partial charge in [0, 0.05) is 13.7 Å². The maximum Gasteiger partial charge on any atom is 0.289 e. The molecule has 0 radical (unpaired) electrons. The van der Waals surface area contributed by atoms with Crippen molar-refractivity contribution in [2.75, 3.05) is 20.3 Å². The molecule has 0 bridgehead atoms. The van der Waals surface area contributed by atoms with Crippen LogP contribution in [-0.4, -0.2) is 57.7 Å². The van der Waals surface area contributed by atoms with Gasteiger partial charge in [-0.05, 0) is 36.6 Å². The highest BCUT2D eigenvalue weighted by Crippen LogP contribution is 2.23. The molecule has 8 nitrogen and oxygen atoms in total. The molecule has 1 aliphatic rings. The molecule has 1 N–H and O–H groups in total. The van der Waals surface area contributed by atoms with Gasteiger partial charge in [0.1, 0.15) is 0 Å². The van der Waals surface area contributed by atoms with Crippen LogP contribution in [-0.2, 0) is 4.74 Å². The number of hydrogen-bond donors (Lipinski definition) is 1. The minimum Gasteiger partial charge on any atom is -0.447 e. The van der Waals surface area contributed by atoms with Gasteiger partial charge in [-0.1, -0.05) is 0 Å². The molecule has 1 aliphatic heterocycles. The van der Waals surface area contributed by atoms with Crippen LogP contribution >= 0.6 is 0 Å². The van der Waals surface area contributed by atoms with Crippen LogP contribution < -0.4 is 0 Å². The number of tetrazole rings is 1. The minimum atomic E-state index is -0.119. The lowest BCUT2D eigenvalue weighted by atomic mass is 10.0. The van der Waals surface area contributed by atoms with Crippen molar-refractivity contribution in [2.24, 2.45) is 0 Å². The normalized spacial score (nSPS) is 18.9. The number of furan rings is 1. The van der Waals surface area contributed by atoms with Crippen LogP contribution in [0.3, 0.4) is 0 Å². The number of nitrogens with zero attached hydrogens (tertiary/aromatic N) is 4. The van der Waals surface area contributed by atoms with Crippen molar-refractivity contribution in [2.45, 2.75) is 25.3 Å². The molecule has 112 valence electrons. The first kappa shape index (κ1) is 13.7. The standard InChI is InChI=1S/C13H17N5O3/c1-20-8-9-4-2-3-7-18(9)13(19)11-6-5-10(21-11)12-14-16-17-15-12/h5-6,9H,2-4,7-8H2,1H3,(H,14,15,16,17). The summed E-state index contributed by atoms with van der Waals surface area (Å²) in [5, 5.41) is 13.5. The van der Waals surface area contributed by atoms with Crippen LogP contribution in [0.5, 0.6) is 0 Å². The summed E-state index contributed by atoms with van der Waals surface area (Å²) < 4.78 is 10.8. The number of H-pyrrole nitrogens is 1. The van der Waals surface area contributed by atoms with Crippen LogP contribution in [0, 0.1) is 0 Å². The molecular weight excluding hydrogens is 274 g/mol. The van der Waals surface area contributed by atoms with Crippen molar-refractivity contribution in [3.8, 4) is 11.6 Å². The summed E-state index contributed by atoms with van der Waals surface area (Å²) in [5.41, 5.74) is 0. The summed E-state index contributed by atoms with van der Waals surface area (Å²) in [5.74, 6) is 0.929. The number of aromatic amines is 1. The molecule has 0 spiro atoms. The van der Waals surface area contributed by atoms with E-state index in [-0.39, 0.29) is 17.7 Å². The SMILES string of the molecule is COCC1CCCCN1C(=O)c1ccc(-c2nn[nH]n2)o1. The third-order valence-electron chi connectivity index (χ3n) is 3.63. The lowest BCUT2D eigenvalue weighted by Gasteiger charge is -2.34. The van der Waals surface area contributed by atoms with E-state index in [0.29, 0.717) is 18.2 Å². The number of aromatic nitrogens is 4. The Hall–Kier alpha value is -2.22. The Morgan fingerprint density at radius 1 is 1.52 bits per heavy atom. The van der Waals surface area contributed by atoms with E-state index in [1.54, 1.807) is 19.2 Å². The second-order valence-corrected chi connectivity index (χ2v) is 5.00. The average molecular weight is 291 g/mol. The van der Waals surface area contributed by atoms with Crippen molar-refractivity contribution < 1.29 is 13.9 Å². The third-order valence-corrected chi connectivity index (χ3v) is 3.63. The van der Waals surface area contributed by atoms with Crippen LogP contribution in [0.1, 0.15) is 29.8 Å². The van der Waals surface area contributed by atoms with Gasteiger partial charge in [-0.3, -0.25) is 4.79 Å². The first-order valence-electron chi connectivity index (χ1n) is 6.93. The van der Waals surface area contributed by atoms with E-state index < -0.39 is 0 Å². The van der Waals surface area contributed by atoms with Crippen molar-refractivity contribution in [1.29, 1.82) is 0 Å². The Morgan fingerprint density at radius 2 is 2.43 bits per heavy atom. The molecular formula is C13H17N5O3. The first-order valence-corrected chi connectivity index (χ1v) is 6.93. The van der Waals surface area contributed by atoms with E-state index in [1.807, 2.05) is 4.90 Å². The molecule has 21 heavy (non-hydrogen) atoms. The van der Waals surface area contributed by atoms with E-state index in [9.17, 15) is 4.79 Å². The van der Waals surface area contributed by atoms with Gasteiger partial charge < -0.3 is 14.1 Å². The highest BCUT2D eigenvalue weighted by atomic mass is 16.5. The molecule has 1 saturated heterocycles. The number of nitrogens with one attached hydrogen (secondary N) is 1. The predicted molar refractivity (Wildman–Crippen MR) is 72.4 cm³/mol. The maximum absolute atomic E-state index is 12.6. The Kier molecular flexibility index (Phi) is 3.96. The minimum absolute atomic E-state index is 0.106. The van der Waals surface area contributed by atoms with Gasteiger partial charge in [0.2, 0.25) is 5.82 Å². The summed E-state index contributed by atoms with van der Waals surface area (Å²) in [6.45, 7) is 1.27. The zero-order valence-electron chi connectivity index (χ0n) is 11.8. The Bertz CT molecular complexity index is 593. The summed E-state index contributed by atoms with van der Waals surface area (Å²) in [6, 6.07) is 3.43. The Morgan fingerprint density at radius 3 is 3.19 bits per heavy atom. The molecule has 3 heterocycles. The number of hydrogen-bond acceptors (Lipinski definition) is 6. The quantitative estimate of drug-likeness (QED) is 0.906. The number of rotatable bonds is 4. The predicted octanol–water partition coefficient (Wildman–Crippen LogP) is 1.10. The summed E-state index contributed by atoms with van der Waals surface area (Å²) in [7, 11) is 1.65. The maximum atomic E-state index is 12.6. The van der Waals surface area contributed by atoms with Crippen LogP contribution in [0.2, 0.25) is 0 Å². The molecule has 2 aromatic rings. The zero-order chi connectivity index (χ0) is 14.7. The highest BCUT2D eigenvalue weighted by molar-refractivity contribution is 5.92. The van der Waals surface area contributed by atoms with Gasteiger partial charge in [0.15, 0.2) is 11.5 Å². The fraction of sp³-hybridized carbons (Fsp3) is 0.538. The van der Waals surface area contributed by atoms with Gasteiger partial charge >= 0.3 is 0 Å². The van der Waals surface area contributed by atoms with Gasteiger partial charge in [0.25, 0.3) is 5.91 Å². The summed E-state index contributed by atoms with van der Waals surface area (Å²) in [6.07, 6.45) is 3.08. The fourth-order valence-corrected chi connectivity index (χ4v) is 2.61. The summed E-state index contributed by atoms with van der Waals surface area (Å²) >= 11 is 0. The average Bonchev–Trinajstić information content (AvgIpc) is 3.18. The smallest absolute Gasteiger partial charge is 0.289 e. The number of methoxy groups -OCH3 is 1. The zero-order valence-corrected chi connectivity index (χ0v) is 11.8. The molecule has 0 aliphatic carbocycles. The molecule has 3 rings (SSSR count). The van der Waals surface area contributed by atoms with Crippen molar-refractivity contribution in [3.63, 3.8) is 0 Å². The largest absolute Gasteiger partial charge is 0.447 e. The van der Waals surface area contributed by atoms with E-state index in [4.69, 9.17) is 9.15 Å². The van der Waals surface area contributed by atoms with Crippen LogP contribution in [0.4, 0.5) is 0 Å². The number of carbonyl (C=O) groups is 1. The topological polar surface area (TPSA) is 97.1 Å². The number of likely N-dealkylation sites (tertiary alicyclic amines) is 1. The lowest BCUT2D eigenvalue weighted by molar-refractivity contribution is 0.0402. The van der Waals surface area contributed by atoms with Crippen LogP contribution in [0.25, 0.3) is 11.6 Å². The highest BCUT2D eigenvalue weighted by Gasteiger charge is 2.29. The fourth-order valence-electron chi connectivity index (χ4n) is 2.61. The van der Waals surface area contributed by atoms with Gasteiger partial charge in [0.05, 0.1) is 12.6 Å². The Labute approximate surface area is 121 Å². The van der Waals surface area contributed by atoms with Crippen LogP contribution in [0.15, 0.2) is 16.5 Å². The van der Waals surface area contributed by atoms with E-state index in [2.05, 4.69) is 20.6 Å². The number of piperidine rings is 1. The molecule has 1 fully saturated rings. The monoisotopic (exact) mass is 291 g/mol. The number of amides is 1. The molecule has 0 aromatic carbocycles. The molecule has 8 heteroatoms. The molecule has 1 unspecified atom stereocenters. The van der Waals surface area contributed by atoms with Gasteiger partial charge in [-0.15, -0.1) is 10.2 Å².